The van der Waals surface area contributed by atoms with Crippen molar-refractivity contribution in [2.75, 3.05) is 37.7 Å². The second-order valence-electron chi connectivity index (χ2n) is 6.07. The number of aromatic nitrogens is 2. The van der Waals surface area contributed by atoms with Crippen molar-refractivity contribution in [1.29, 1.82) is 0 Å². The van der Waals surface area contributed by atoms with E-state index in [9.17, 15) is 9.59 Å². The zero-order chi connectivity index (χ0) is 23.1. The Morgan fingerprint density at radius 3 is 2.47 bits per heavy atom. The molecule has 0 aliphatic carbocycles. The molecule has 2 amide bonds. The van der Waals surface area contributed by atoms with E-state index in [-0.39, 0.29) is 22.4 Å². The van der Waals surface area contributed by atoms with Gasteiger partial charge in [0, 0.05) is 11.1 Å². The third kappa shape index (κ3) is 6.02. The van der Waals surface area contributed by atoms with Crippen molar-refractivity contribution in [3.8, 4) is 17.2 Å². The molecule has 0 aliphatic rings. The Bertz CT molecular complexity index is 1130. The minimum absolute atomic E-state index is 0.0884. The van der Waals surface area contributed by atoms with Crippen molar-refractivity contribution in [2.24, 2.45) is 0 Å². The van der Waals surface area contributed by atoms with Gasteiger partial charge in [0.15, 0.2) is 4.34 Å². The summed E-state index contributed by atoms with van der Waals surface area (Å²) in [5.41, 5.74) is 0.772. The average molecular weight is 495 g/mol. The smallest absolute Gasteiger partial charge is 0.261 e. The number of carbonyl (C=O) groups excluding carboxylic acids is 2. The molecule has 0 fully saturated rings. The summed E-state index contributed by atoms with van der Waals surface area (Å²) in [6.07, 6.45) is 0. The lowest BCUT2D eigenvalue weighted by Crippen LogP contribution is -2.14. The molecule has 12 heteroatoms. The number of carbonyl (C=O) groups is 2. The first-order chi connectivity index (χ1) is 15.4. The van der Waals surface area contributed by atoms with E-state index in [1.54, 1.807) is 30.3 Å². The van der Waals surface area contributed by atoms with Crippen LogP contribution in [-0.2, 0) is 4.79 Å². The molecule has 32 heavy (non-hydrogen) atoms. The van der Waals surface area contributed by atoms with Gasteiger partial charge in [-0.15, -0.1) is 10.2 Å². The van der Waals surface area contributed by atoms with Crippen LogP contribution in [0.15, 0.2) is 40.7 Å². The van der Waals surface area contributed by atoms with Gasteiger partial charge in [-0.05, 0) is 30.3 Å². The number of amides is 2. The van der Waals surface area contributed by atoms with Gasteiger partial charge in [-0.2, -0.15) is 0 Å². The number of nitrogens with zero attached hydrogens (tertiary/aromatic N) is 2. The third-order valence-electron chi connectivity index (χ3n) is 4.04. The number of rotatable bonds is 9. The van der Waals surface area contributed by atoms with Crippen LogP contribution in [0.3, 0.4) is 0 Å². The fourth-order valence-electron chi connectivity index (χ4n) is 2.57. The topological polar surface area (TPSA) is 112 Å². The van der Waals surface area contributed by atoms with Crippen LogP contribution in [0.25, 0.3) is 0 Å². The number of nitrogens with one attached hydrogen (secondary N) is 2. The molecule has 0 aliphatic heterocycles. The van der Waals surface area contributed by atoms with Crippen LogP contribution in [0.1, 0.15) is 10.4 Å². The van der Waals surface area contributed by atoms with Gasteiger partial charge in [-0.25, -0.2) is 0 Å². The highest BCUT2D eigenvalue weighted by molar-refractivity contribution is 8.01. The molecule has 0 saturated carbocycles. The number of hydrogen-bond donors (Lipinski definition) is 2. The number of benzene rings is 2. The molecular formula is C20H19ClN4O5S2. The SMILES string of the molecule is COc1ccc(OC)c(NC(=O)CSc2nnc(NC(=O)c3cc(Cl)ccc3OC)s2)c1. The molecule has 1 heterocycles. The molecular weight excluding hydrogens is 476 g/mol. The second-order valence-corrected chi connectivity index (χ2v) is 8.71. The predicted molar refractivity (Wildman–Crippen MR) is 125 cm³/mol. The molecule has 2 N–H and O–H groups in total. The van der Waals surface area contributed by atoms with E-state index in [1.165, 1.54) is 39.2 Å². The molecule has 0 radical (unpaired) electrons. The minimum atomic E-state index is -0.431. The highest BCUT2D eigenvalue weighted by Crippen LogP contribution is 2.30. The Hall–Kier alpha value is -3.02. The Kier molecular flexibility index (Phi) is 8.14. The minimum Gasteiger partial charge on any atom is -0.497 e. The van der Waals surface area contributed by atoms with E-state index in [1.807, 2.05) is 0 Å². The Balaban J connectivity index is 1.58. The maximum atomic E-state index is 12.5. The first-order valence-electron chi connectivity index (χ1n) is 9.06. The zero-order valence-electron chi connectivity index (χ0n) is 17.3. The normalized spacial score (nSPS) is 10.4. The first kappa shape index (κ1) is 23.6. The number of thioether (sulfide) groups is 1. The average Bonchev–Trinajstić information content (AvgIpc) is 3.24. The van der Waals surface area contributed by atoms with Crippen LogP contribution in [0.4, 0.5) is 10.8 Å². The van der Waals surface area contributed by atoms with Gasteiger partial charge in [0.05, 0.1) is 38.3 Å². The van der Waals surface area contributed by atoms with Gasteiger partial charge in [-0.3, -0.25) is 14.9 Å². The van der Waals surface area contributed by atoms with Gasteiger partial charge in [0.25, 0.3) is 5.91 Å². The molecule has 0 bridgehead atoms. The van der Waals surface area contributed by atoms with Crippen molar-refractivity contribution in [2.45, 2.75) is 4.34 Å². The third-order valence-corrected chi connectivity index (χ3v) is 6.25. The number of halogens is 1. The van der Waals surface area contributed by atoms with Crippen LogP contribution in [0, 0.1) is 0 Å². The van der Waals surface area contributed by atoms with Crippen molar-refractivity contribution >= 4 is 57.3 Å². The van der Waals surface area contributed by atoms with E-state index < -0.39 is 5.91 Å². The highest BCUT2D eigenvalue weighted by atomic mass is 35.5. The fourth-order valence-corrected chi connectivity index (χ4v) is 4.29. The molecule has 0 spiro atoms. The quantitative estimate of drug-likeness (QED) is 0.336. The summed E-state index contributed by atoms with van der Waals surface area (Å²) in [4.78, 5) is 24.9. The lowest BCUT2D eigenvalue weighted by Gasteiger charge is -2.11. The monoisotopic (exact) mass is 494 g/mol. The summed E-state index contributed by atoms with van der Waals surface area (Å²) < 4.78 is 16.1. The number of anilines is 2. The standard InChI is InChI=1S/C20H19ClN4O5S2/c1-28-12-5-7-16(30-3)14(9-12)22-17(26)10-31-20-25-24-19(32-20)23-18(27)13-8-11(21)4-6-15(13)29-2/h4-9H,10H2,1-3H3,(H,22,26)(H,23,24,27). The molecule has 0 unspecified atom stereocenters. The molecule has 0 saturated heterocycles. The lowest BCUT2D eigenvalue weighted by molar-refractivity contribution is -0.113. The van der Waals surface area contributed by atoms with Crippen molar-refractivity contribution in [1.82, 2.24) is 10.2 Å². The van der Waals surface area contributed by atoms with Crippen LogP contribution in [0.2, 0.25) is 5.02 Å². The van der Waals surface area contributed by atoms with Gasteiger partial charge in [0.2, 0.25) is 11.0 Å². The van der Waals surface area contributed by atoms with Crippen LogP contribution >= 0.6 is 34.7 Å². The second kappa shape index (κ2) is 11.0. The summed E-state index contributed by atoms with van der Waals surface area (Å²) in [7, 11) is 4.52. The van der Waals surface area contributed by atoms with E-state index in [0.717, 1.165) is 11.3 Å². The maximum absolute atomic E-state index is 12.5. The van der Waals surface area contributed by atoms with Crippen LogP contribution < -0.4 is 24.8 Å². The summed E-state index contributed by atoms with van der Waals surface area (Å²) in [5, 5.41) is 14.1. The molecule has 3 rings (SSSR count). The Labute approximate surface area is 197 Å². The number of methoxy groups -OCH3 is 3. The summed E-state index contributed by atoms with van der Waals surface area (Å²) in [5.74, 6) is 0.892. The fraction of sp³-hybridized carbons (Fsp3) is 0.200. The van der Waals surface area contributed by atoms with E-state index in [2.05, 4.69) is 20.8 Å². The van der Waals surface area contributed by atoms with E-state index in [4.69, 9.17) is 25.8 Å². The largest absolute Gasteiger partial charge is 0.497 e. The Morgan fingerprint density at radius 1 is 1.00 bits per heavy atom. The molecule has 168 valence electrons. The van der Waals surface area contributed by atoms with Crippen molar-refractivity contribution in [3.63, 3.8) is 0 Å². The molecule has 1 aromatic heterocycles. The molecule has 9 nitrogen and oxygen atoms in total. The van der Waals surface area contributed by atoms with Crippen molar-refractivity contribution < 1.29 is 23.8 Å². The van der Waals surface area contributed by atoms with Crippen LogP contribution in [-0.4, -0.2) is 49.1 Å². The number of hydrogen-bond acceptors (Lipinski definition) is 9. The molecule has 0 atom stereocenters. The maximum Gasteiger partial charge on any atom is 0.261 e. The summed E-state index contributed by atoms with van der Waals surface area (Å²) in [6.45, 7) is 0. The number of ether oxygens (including phenoxy) is 3. The first-order valence-corrected chi connectivity index (χ1v) is 11.2. The predicted octanol–water partition coefficient (Wildman–Crippen LogP) is 4.20. The van der Waals surface area contributed by atoms with E-state index >= 15 is 0 Å². The van der Waals surface area contributed by atoms with Crippen molar-refractivity contribution in [3.05, 3.63) is 47.0 Å². The van der Waals surface area contributed by atoms with Crippen LogP contribution in [0.5, 0.6) is 17.2 Å². The zero-order valence-corrected chi connectivity index (χ0v) is 19.7. The summed E-state index contributed by atoms with van der Waals surface area (Å²) in [6, 6.07) is 9.85. The highest BCUT2D eigenvalue weighted by Gasteiger charge is 2.16. The molecule has 2 aromatic carbocycles. The Morgan fingerprint density at radius 2 is 1.75 bits per heavy atom. The van der Waals surface area contributed by atoms with Gasteiger partial charge >= 0.3 is 0 Å². The lowest BCUT2D eigenvalue weighted by atomic mass is 10.2. The molecule has 3 aromatic rings. The van der Waals surface area contributed by atoms with E-state index in [0.29, 0.717) is 32.3 Å². The van der Waals surface area contributed by atoms with Gasteiger partial charge in [-0.1, -0.05) is 34.7 Å². The van der Waals surface area contributed by atoms with Gasteiger partial charge < -0.3 is 19.5 Å². The van der Waals surface area contributed by atoms with Gasteiger partial charge in [0.1, 0.15) is 17.2 Å². The summed E-state index contributed by atoms with van der Waals surface area (Å²) >= 11 is 8.31.